The van der Waals surface area contributed by atoms with E-state index in [-0.39, 0.29) is 12.1 Å². The molecule has 4 aliphatic rings. The van der Waals surface area contributed by atoms with Crippen LogP contribution >= 0.6 is 0 Å². The number of carbonyl (C=O) groups excluding carboxylic acids is 1. The Labute approximate surface area is 180 Å². The van der Waals surface area contributed by atoms with Crippen molar-refractivity contribution in [3.8, 4) is 5.75 Å². The average molecular weight is 414 g/mol. The number of benzene rings is 1. The van der Waals surface area contributed by atoms with Gasteiger partial charge in [-0.15, -0.1) is 0 Å². The fourth-order valence-electron chi connectivity index (χ4n) is 5.32. The predicted octanol–water partition coefficient (Wildman–Crippen LogP) is 2.94. The topological polar surface area (TPSA) is 45.3 Å². The molecule has 2 amide bonds. The lowest BCUT2D eigenvalue weighted by Gasteiger charge is -2.36. The van der Waals surface area contributed by atoms with Crippen LogP contribution in [0.15, 0.2) is 18.2 Å². The van der Waals surface area contributed by atoms with Gasteiger partial charge in [-0.25, -0.2) is 4.79 Å². The van der Waals surface area contributed by atoms with Gasteiger partial charge in [-0.3, -0.25) is 4.90 Å². The van der Waals surface area contributed by atoms with Crippen LogP contribution in [0.3, 0.4) is 0 Å². The summed E-state index contributed by atoms with van der Waals surface area (Å²) in [4.78, 5) is 19.5. The molecule has 0 aromatic heterocycles. The first-order valence-electron chi connectivity index (χ1n) is 11.9. The largest absolute Gasteiger partial charge is 0.491 e. The van der Waals surface area contributed by atoms with Crippen molar-refractivity contribution in [1.29, 1.82) is 0 Å². The van der Waals surface area contributed by atoms with Crippen LogP contribution in [-0.2, 0) is 17.6 Å². The molecule has 2 saturated heterocycles. The molecule has 1 atom stereocenters. The highest BCUT2D eigenvalue weighted by Gasteiger charge is 2.33. The zero-order valence-corrected chi connectivity index (χ0v) is 18.1. The Morgan fingerprint density at radius 1 is 0.967 bits per heavy atom. The van der Waals surface area contributed by atoms with Crippen LogP contribution in [0, 0.1) is 0 Å². The number of likely N-dealkylation sites (tertiary alicyclic amines) is 1. The minimum absolute atomic E-state index is 0.155. The van der Waals surface area contributed by atoms with Gasteiger partial charge in [-0.1, -0.05) is 12.5 Å². The molecule has 1 aromatic carbocycles. The van der Waals surface area contributed by atoms with E-state index in [1.165, 1.54) is 43.5 Å². The molecule has 3 fully saturated rings. The Balaban J connectivity index is 1.17. The maximum absolute atomic E-state index is 12.9. The van der Waals surface area contributed by atoms with Crippen LogP contribution in [0.1, 0.15) is 43.2 Å². The van der Waals surface area contributed by atoms with Crippen LogP contribution in [0.5, 0.6) is 5.75 Å². The number of amides is 2. The number of nitrogens with zero attached hydrogens (tertiary/aromatic N) is 3. The minimum atomic E-state index is 0.155. The number of hydrogen-bond donors (Lipinski definition) is 0. The van der Waals surface area contributed by atoms with Gasteiger partial charge in [0.2, 0.25) is 0 Å². The molecule has 5 rings (SSSR count). The molecule has 6 nitrogen and oxygen atoms in total. The number of hydrogen-bond acceptors (Lipinski definition) is 4. The number of fused-ring (bicyclic) bond motifs is 1. The van der Waals surface area contributed by atoms with Crippen molar-refractivity contribution >= 4 is 6.03 Å². The SMILES string of the molecule is O=C(N1CCOCC1)N1CCCC1COc1ccc2c(c1)CCN(C1CCC1)CC2. The quantitative estimate of drug-likeness (QED) is 0.761. The van der Waals surface area contributed by atoms with E-state index in [9.17, 15) is 4.79 Å². The first kappa shape index (κ1) is 20.1. The zero-order valence-electron chi connectivity index (χ0n) is 18.1. The van der Waals surface area contributed by atoms with Crippen LogP contribution in [0.25, 0.3) is 0 Å². The van der Waals surface area contributed by atoms with E-state index in [0.717, 1.165) is 44.0 Å². The molecule has 3 heterocycles. The summed E-state index contributed by atoms with van der Waals surface area (Å²) in [5.41, 5.74) is 2.93. The van der Waals surface area contributed by atoms with Crippen LogP contribution in [-0.4, -0.2) is 85.4 Å². The Morgan fingerprint density at radius 3 is 2.53 bits per heavy atom. The molecule has 0 radical (unpaired) electrons. The second-order valence-electron chi connectivity index (χ2n) is 9.23. The maximum Gasteiger partial charge on any atom is 0.320 e. The van der Waals surface area contributed by atoms with E-state index in [1.807, 2.05) is 9.80 Å². The fraction of sp³-hybridized carbons (Fsp3) is 0.708. The summed E-state index contributed by atoms with van der Waals surface area (Å²) in [6.45, 7) is 6.48. The summed E-state index contributed by atoms with van der Waals surface area (Å²) in [6.07, 6.45) is 8.52. The molecule has 30 heavy (non-hydrogen) atoms. The molecule has 1 saturated carbocycles. The summed E-state index contributed by atoms with van der Waals surface area (Å²) < 4.78 is 11.6. The first-order valence-corrected chi connectivity index (χ1v) is 11.9. The Bertz CT molecular complexity index is 745. The number of carbonyl (C=O) groups is 1. The normalized spacial score (nSPS) is 25.5. The Hall–Kier alpha value is -1.79. The van der Waals surface area contributed by atoms with E-state index < -0.39 is 0 Å². The van der Waals surface area contributed by atoms with Crippen molar-refractivity contribution in [2.45, 2.75) is 57.0 Å². The third-order valence-corrected chi connectivity index (χ3v) is 7.45. The highest BCUT2D eigenvalue weighted by Crippen LogP contribution is 2.29. The molecule has 164 valence electrons. The Morgan fingerprint density at radius 2 is 1.77 bits per heavy atom. The number of rotatable bonds is 4. The van der Waals surface area contributed by atoms with Crippen molar-refractivity contribution < 1.29 is 14.3 Å². The molecular formula is C24H35N3O3. The minimum Gasteiger partial charge on any atom is -0.491 e. The van der Waals surface area contributed by atoms with Gasteiger partial charge in [-0.2, -0.15) is 0 Å². The second-order valence-corrected chi connectivity index (χ2v) is 9.23. The van der Waals surface area contributed by atoms with Gasteiger partial charge in [0, 0.05) is 38.8 Å². The van der Waals surface area contributed by atoms with Gasteiger partial charge in [0.25, 0.3) is 0 Å². The maximum atomic E-state index is 12.9. The molecule has 0 N–H and O–H groups in total. The van der Waals surface area contributed by atoms with E-state index in [1.54, 1.807) is 0 Å². The van der Waals surface area contributed by atoms with Crippen molar-refractivity contribution in [3.05, 3.63) is 29.3 Å². The van der Waals surface area contributed by atoms with Crippen LogP contribution < -0.4 is 4.74 Å². The van der Waals surface area contributed by atoms with Crippen molar-refractivity contribution in [1.82, 2.24) is 14.7 Å². The Kier molecular flexibility index (Phi) is 6.14. The van der Waals surface area contributed by atoms with Crippen LogP contribution in [0.2, 0.25) is 0 Å². The van der Waals surface area contributed by atoms with E-state index in [2.05, 4.69) is 23.1 Å². The predicted molar refractivity (Wildman–Crippen MR) is 116 cm³/mol. The van der Waals surface area contributed by atoms with Crippen molar-refractivity contribution in [3.63, 3.8) is 0 Å². The lowest BCUT2D eigenvalue weighted by Crippen LogP contribution is -2.50. The molecule has 3 aliphatic heterocycles. The monoisotopic (exact) mass is 413 g/mol. The third kappa shape index (κ3) is 4.30. The number of morpholine rings is 1. The molecule has 1 unspecified atom stereocenters. The zero-order chi connectivity index (χ0) is 20.3. The lowest BCUT2D eigenvalue weighted by molar-refractivity contribution is 0.0402. The summed E-state index contributed by atoms with van der Waals surface area (Å²) in [7, 11) is 0. The van der Waals surface area contributed by atoms with Crippen LogP contribution in [0.4, 0.5) is 4.79 Å². The standard InChI is InChI=1S/C24H35N3O3/c28-24(26-13-15-29-16-14-26)27-10-2-5-22(27)18-30-23-7-6-19-8-11-25(21-3-1-4-21)12-9-20(19)17-23/h6-7,17,21-22H,1-5,8-16,18H2. The summed E-state index contributed by atoms with van der Waals surface area (Å²) in [6, 6.07) is 7.80. The van der Waals surface area contributed by atoms with E-state index in [0.29, 0.717) is 32.9 Å². The van der Waals surface area contributed by atoms with Crippen molar-refractivity contribution in [2.75, 3.05) is 52.5 Å². The average Bonchev–Trinajstić information content (AvgIpc) is 3.12. The summed E-state index contributed by atoms with van der Waals surface area (Å²) in [5, 5.41) is 0. The highest BCUT2D eigenvalue weighted by molar-refractivity contribution is 5.75. The van der Waals surface area contributed by atoms with E-state index >= 15 is 0 Å². The first-order chi connectivity index (χ1) is 14.8. The lowest BCUT2D eigenvalue weighted by atomic mass is 9.91. The smallest absolute Gasteiger partial charge is 0.320 e. The van der Waals surface area contributed by atoms with Gasteiger partial charge in [0.15, 0.2) is 0 Å². The molecular weight excluding hydrogens is 378 g/mol. The molecule has 6 heteroatoms. The summed E-state index contributed by atoms with van der Waals surface area (Å²) >= 11 is 0. The van der Waals surface area contributed by atoms with Gasteiger partial charge in [-0.05, 0) is 61.8 Å². The number of urea groups is 1. The number of ether oxygens (including phenoxy) is 2. The van der Waals surface area contributed by atoms with Gasteiger partial charge in [0.1, 0.15) is 12.4 Å². The molecule has 1 aromatic rings. The molecule has 0 spiro atoms. The van der Waals surface area contributed by atoms with Gasteiger partial charge >= 0.3 is 6.03 Å². The van der Waals surface area contributed by atoms with Gasteiger partial charge < -0.3 is 19.3 Å². The summed E-state index contributed by atoms with van der Waals surface area (Å²) in [5.74, 6) is 0.955. The van der Waals surface area contributed by atoms with E-state index in [4.69, 9.17) is 9.47 Å². The highest BCUT2D eigenvalue weighted by atomic mass is 16.5. The molecule has 0 bridgehead atoms. The fourth-order valence-corrected chi connectivity index (χ4v) is 5.32. The third-order valence-electron chi connectivity index (χ3n) is 7.45. The molecule has 1 aliphatic carbocycles. The van der Waals surface area contributed by atoms with Gasteiger partial charge in [0.05, 0.1) is 19.3 Å². The van der Waals surface area contributed by atoms with Crippen molar-refractivity contribution in [2.24, 2.45) is 0 Å². The second kappa shape index (κ2) is 9.15.